The Morgan fingerprint density at radius 3 is 1.96 bits per heavy atom. The van der Waals surface area contributed by atoms with Gasteiger partial charge in [0.05, 0.1) is 38.5 Å². The Balaban J connectivity index is 3.69. The number of aliphatic imine (C=N–C) groups is 1. The molecule has 0 saturated heterocycles. The van der Waals surface area contributed by atoms with Gasteiger partial charge in [0.15, 0.2) is 5.79 Å². The van der Waals surface area contributed by atoms with Crippen LogP contribution in [-0.4, -0.2) is 105 Å². The highest BCUT2D eigenvalue weighted by Gasteiger charge is 2.43. The number of rotatable bonds is 12. The average Bonchev–Trinajstić information content (AvgIpc) is 2.88. The van der Waals surface area contributed by atoms with Gasteiger partial charge in [0.1, 0.15) is 17.3 Å². The molecule has 0 spiro atoms. The van der Waals surface area contributed by atoms with Crippen molar-refractivity contribution >= 4 is 30.0 Å². The molecule has 4 atom stereocenters. The Labute approximate surface area is 265 Å². The number of carbonyl (C=O) groups excluding carboxylic acids is 4. The Kier molecular flexibility index (Phi) is 15.2. The van der Waals surface area contributed by atoms with Crippen LogP contribution in [0.25, 0.3) is 0 Å². The number of nitrogens with two attached hydrogens (primary N) is 1. The smallest absolute Gasteiger partial charge is 0.414 e. The number of amides is 3. The number of alkyl carbamates (subject to hydrolysis) is 2. The van der Waals surface area contributed by atoms with Crippen molar-refractivity contribution in [2.45, 2.75) is 110 Å². The van der Waals surface area contributed by atoms with E-state index in [0.717, 1.165) is 0 Å². The van der Waals surface area contributed by atoms with Crippen molar-refractivity contribution in [1.82, 2.24) is 16.0 Å². The fourth-order valence-corrected chi connectivity index (χ4v) is 3.84. The molecule has 0 unspecified atom stereocenters. The topological polar surface area (TPSA) is 207 Å². The van der Waals surface area contributed by atoms with Crippen LogP contribution in [0.5, 0.6) is 0 Å². The number of hydrogen-bond donors (Lipinski definition) is 4. The van der Waals surface area contributed by atoms with Gasteiger partial charge in [-0.05, 0) is 61.5 Å². The number of ether oxygens (including phenoxy) is 7. The number of guanidine groups is 1. The van der Waals surface area contributed by atoms with Crippen molar-refractivity contribution in [3.63, 3.8) is 0 Å². The second-order valence-corrected chi connectivity index (χ2v) is 12.5. The lowest BCUT2D eigenvalue weighted by Crippen LogP contribution is -2.58. The van der Waals surface area contributed by atoms with Gasteiger partial charge in [-0.15, -0.1) is 0 Å². The van der Waals surface area contributed by atoms with E-state index >= 15 is 0 Å². The molecule has 1 aliphatic heterocycles. The first kappa shape index (κ1) is 39.6. The lowest BCUT2D eigenvalue weighted by Gasteiger charge is -2.39. The van der Waals surface area contributed by atoms with Crippen LogP contribution in [0.3, 0.4) is 0 Å². The summed E-state index contributed by atoms with van der Waals surface area (Å²) in [6, 6.07) is -2.12. The largest absolute Gasteiger partial charge is 0.478 e. The molecule has 16 heteroatoms. The molecule has 45 heavy (non-hydrogen) atoms. The molecule has 5 N–H and O–H groups in total. The minimum Gasteiger partial charge on any atom is -0.478 e. The molecule has 1 aliphatic rings. The summed E-state index contributed by atoms with van der Waals surface area (Å²) in [6.45, 7) is 15.1. The summed E-state index contributed by atoms with van der Waals surface area (Å²) in [6.07, 6.45) is -2.21. The van der Waals surface area contributed by atoms with Crippen molar-refractivity contribution in [2.24, 2.45) is 10.7 Å². The molecule has 0 aromatic heterocycles. The van der Waals surface area contributed by atoms with Crippen LogP contribution in [-0.2, 0) is 42.7 Å². The summed E-state index contributed by atoms with van der Waals surface area (Å²) in [5, 5.41) is 7.59. The van der Waals surface area contributed by atoms with Gasteiger partial charge in [-0.2, -0.15) is 0 Å². The first-order valence-electron chi connectivity index (χ1n) is 14.5. The Hall–Kier alpha value is -3.47. The van der Waals surface area contributed by atoms with Gasteiger partial charge in [0, 0.05) is 27.0 Å². The molecule has 0 bridgehead atoms. The van der Waals surface area contributed by atoms with E-state index in [9.17, 15) is 19.2 Å². The fourth-order valence-electron chi connectivity index (χ4n) is 3.84. The van der Waals surface area contributed by atoms with E-state index in [4.69, 9.17) is 38.9 Å². The van der Waals surface area contributed by atoms with Gasteiger partial charge < -0.3 is 44.2 Å². The van der Waals surface area contributed by atoms with Crippen LogP contribution in [0.15, 0.2) is 16.8 Å². The van der Waals surface area contributed by atoms with Gasteiger partial charge in [-0.1, -0.05) is 0 Å². The second kappa shape index (κ2) is 17.3. The van der Waals surface area contributed by atoms with Crippen LogP contribution >= 0.6 is 0 Å². The molecule has 0 aromatic rings. The first-order chi connectivity index (χ1) is 20.7. The number of esters is 1. The van der Waals surface area contributed by atoms with Gasteiger partial charge in [0.25, 0.3) is 0 Å². The van der Waals surface area contributed by atoms with Crippen LogP contribution < -0.4 is 21.7 Å². The average molecular weight is 646 g/mol. The highest BCUT2D eigenvalue weighted by molar-refractivity contribution is 6.01. The molecule has 16 nitrogen and oxygen atoms in total. The van der Waals surface area contributed by atoms with Gasteiger partial charge in [-0.3, -0.25) is 15.4 Å². The third kappa shape index (κ3) is 15.4. The summed E-state index contributed by atoms with van der Waals surface area (Å²) < 4.78 is 38.8. The molecule has 0 saturated carbocycles. The van der Waals surface area contributed by atoms with E-state index in [1.165, 1.54) is 27.2 Å². The number of nitrogens with one attached hydrogen (secondary N) is 3. The first-order valence-corrected chi connectivity index (χ1v) is 14.5. The standard InChI is InChI=1S/C29H51N5O11/c1-17(35)31-21-18(32-24(33-25(37)44-27(2,3)4)34-26(38)45-28(5,6)7)16-20(23(36)39-10)43-22(21)19(41-15-13-30)12-14-42-29(8,9)40-11/h16,18-19,21-22H,12-15,30H2,1-11H3,(H,31,35)(H2,32,33,34,37,38)/t18-,19+,21+,22-/m0/s1. The minimum absolute atomic E-state index is 0.113. The van der Waals surface area contributed by atoms with Crippen molar-refractivity contribution < 1.29 is 52.3 Å². The predicted octanol–water partition coefficient (Wildman–Crippen LogP) is 1.85. The van der Waals surface area contributed by atoms with Gasteiger partial charge in [0.2, 0.25) is 17.6 Å². The lowest BCUT2D eigenvalue weighted by molar-refractivity contribution is -0.203. The van der Waals surface area contributed by atoms with E-state index in [-0.39, 0.29) is 37.9 Å². The summed E-state index contributed by atoms with van der Waals surface area (Å²) >= 11 is 0. The highest BCUT2D eigenvalue weighted by Crippen LogP contribution is 2.27. The maximum atomic E-state index is 12.7. The van der Waals surface area contributed by atoms with Crippen molar-refractivity contribution in [1.29, 1.82) is 0 Å². The molecule has 1 rings (SSSR count). The molecule has 3 amide bonds. The maximum Gasteiger partial charge on any atom is 0.414 e. The number of hydrogen-bond acceptors (Lipinski definition) is 13. The summed E-state index contributed by atoms with van der Waals surface area (Å²) in [5.41, 5.74) is 3.95. The molecule has 0 radical (unpaired) electrons. The van der Waals surface area contributed by atoms with Crippen molar-refractivity contribution in [3.05, 3.63) is 11.8 Å². The van der Waals surface area contributed by atoms with Crippen molar-refractivity contribution in [2.75, 3.05) is 34.0 Å². The molecule has 0 fully saturated rings. The Morgan fingerprint density at radius 2 is 1.51 bits per heavy atom. The number of methoxy groups -OCH3 is 2. The molecule has 258 valence electrons. The van der Waals surface area contributed by atoms with E-state index < -0.39 is 65.3 Å². The summed E-state index contributed by atoms with van der Waals surface area (Å²) in [5.74, 6) is -2.82. The molecule has 1 heterocycles. The zero-order chi connectivity index (χ0) is 34.6. The predicted molar refractivity (Wildman–Crippen MR) is 163 cm³/mol. The Bertz CT molecular complexity index is 1050. The number of nitrogens with zero attached hydrogens (tertiary/aromatic N) is 1. The number of carbonyl (C=O) groups is 4. The van der Waals surface area contributed by atoms with Crippen LogP contribution in [0.4, 0.5) is 9.59 Å². The van der Waals surface area contributed by atoms with E-state index in [0.29, 0.717) is 0 Å². The second-order valence-electron chi connectivity index (χ2n) is 12.5. The quantitative estimate of drug-likeness (QED) is 0.0789. The minimum atomic E-state index is -1.12. The molecule has 0 aromatic carbocycles. The lowest BCUT2D eigenvalue weighted by atomic mass is 9.93. The third-order valence-electron chi connectivity index (χ3n) is 5.74. The SMILES string of the molecule is COC(=O)C1=C[C@H](N=C(NC(=O)OC(C)(C)C)NC(=O)OC(C)(C)C)[C@@H](NC(C)=O)[C@H]([C@@H](CCOC(C)(C)OC)OCCN)O1. The van der Waals surface area contributed by atoms with Gasteiger partial charge >= 0.3 is 18.2 Å². The maximum absolute atomic E-state index is 12.7. The van der Waals surface area contributed by atoms with Crippen LogP contribution in [0, 0.1) is 0 Å². The molecular weight excluding hydrogens is 594 g/mol. The third-order valence-corrected chi connectivity index (χ3v) is 5.74. The monoisotopic (exact) mass is 645 g/mol. The van der Waals surface area contributed by atoms with Crippen LogP contribution in [0.1, 0.15) is 68.7 Å². The normalized spacial score (nSPS) is 19.2. The van der Waals surface area contributed by atoms with Gasteiger partial charge in [-0.25, -0.2) is 19.4 Å². The van der Waals surface area contributed by atoms with E-state index in [2.05, 4.69) is 20.9 Å². The Morgan fingerprint density at radius 1 is 0.956 bits per heavy atom. The zero-order valence-corrected chi connectivity index (χ0v) is 28.2. The summed E-state index contributed by atoms with van der Waals surface area (Å²) in [7, 11) is 2.67. The molecular formula is C29H51N5O11. The van der Waals surface area contributed by atoms with Crippen molar-refractivity contribution in [3.8, 4) is 0 Å². The van der Waals surface area contributed by atoms with Crippen LogP contribution in [0.2, 0.25) is 0 Å². The molecule has 0 aliphatic carbocycles. The van der Waals surface area contributed by atoms with E-state index in [1.54, 1.807) is 55.4 Å². The van der Waals surface area contributed by atoms with E-state index in [1.807, 2.05) is 0 Å². The summed E-state index contributed by atoms with van der Waals surface area (Å²) in [4.78, 5) is 55.1. The zero-order valence-electron chi connectivity index (χ0n) is 28.2. The highest BCUT2D eigenvalue weighted by atomic mass is 16.7. The fraction of sp³-hybridized carbons (Fsp3) is 0.759.